The molecule has 0 radical (unpaired) electrons. The Balaban J connectivity index is 2.72. The molecule has 1 rings (SSSR count). The fourth-order valence-corrected chi connectivity index (χ4v) is 2.99. The van der Waals surface area contributed by atoms with Crippen molar-refractivity contribution in [1.29, 1.82) is 0 Å². The van der Waals surface area contributed by atoms with Gasteiger partial charge in [0, 0.05) is 16.8 Å². The Hall–Kier alpha value is -0.390. The largest absolute Gasteiger partial charge is 0.402 e. The molecule has 0 amide bonds. The van der Waals surface area contributed by atoms with E-state index in [1.54, 1.807) is 31.2 Å². The van der Waals surface area contributed by atoms with E-state index in [1.165, 1.54) is 0 Å². The van der Waals surface area contributed by atoms with Gasteiger partial charge in [-0.1, -0.05) is 36.7 Å². The maximum Gasteiger partial charge on any atom is 0.402 e. The first-order chi connectivity index (χ1) is 8.36. The summed E-state index contributed by atoms with van der Waals surface area (Å²) in [7, 11) is 0. The van der Waals surface area contributed by atoms with Crippen molar-refractivity contribution in [1.82, 2.24) is 0 Å². The number of thioether (sulfide) groups is 1. The second-order valence-electron chi connectivity index (χ2n) is 3.94. The lowest BCUT2D eigenvalue weighted by Crippen LogP contribution is -2.42. The fraction of sp³-hybridized carbons (Fsp3) is 0.500. The normalized spacial score (nSPS) is 15.4. The van der Waals surface area contributed by atoms with E-state index in [0.717, 1.165) is 11.8 Å². The van der Waals surface area contributed by atoms with E-state index in [2.05, 4.69) is 0 Å². The van der Waals surface area contributed by atoms with Crippen LogP contribution in [0.5, 0.6) is 0 Å². The number of hydrogen-bond acceptors (Lipinski definition) is 2. The Bertz CT molecular complexity index is 384. The number of alkyl halides is 3. The van der Waals surface area contributed by atoms with Crippen LogP contribution in [0.3, 0.4) is 0 Å². The lowest BCUT2D eigenvalue weighted by molar-refractivity contribution is -0.132. The molecule has 0 fully saturated rings. The third-order valence-corrected chi connectivity index (χ3v) is 4.38. The monoisotopic (exact) mass is 297 g/mol. The molecular formula is C12H15ClF3NS. The molecule has 1 aromatic rings. The Morgan fingerprint density at radius 1 is 1.33 bits per heavy atom. The summed E-state index contributed by atoms with van der Waals surface area (Å²) < 4.78 is 38.5. The van der Waals surface area contributed by atoms with Gasteiger partial charge in [-0.2, -0.15) is 13.2 Å². The summed E-state index contributed by atoms with van der Waals surface area (Å²) in [6, 6.07) is 6.00. The summed E-state index contributed by atoms with van der Waals surface area (Å²) in [5, 5.41) is -1.07. The summed E-state index contributed by atoms with van der Waals surface area (Å²) in [6.45, 7) is 1.65. The molecule has 2 N–H and O–H groups in total. The van der Waals surface area contributed by atoms with Gasteiger partial charge in [-0.25, -0.2) is 0 Å². The maximum atomic E-state index is 12.8. The number of halogens is 4. The van der Waals surface area contributed by atoms with Crippen LogP contribution in [0.1, 0.15) is 18.9 Å². The molecule has 0 aliphatic carbocycles. The van der Waals surface area contributed by atoms with E-state index in [-0.39, 0.29) is 5.75 Å². The Kier molecular flexibility index (Phi) is 5.82. The van der Waals surface area contributed by atoms with Crippen LogP contribution in [0.25, 0.3) is 0 Å². The number of nitrogens with two attached hydrogens (primary N) is 1. The zero-order valence-electron chi connectivity index (χ0n) is 9.88. The molecule has 18 heavy (non-hydrogen) atoms. The maximum absolute atomic E-state index is 12.8. The lowest BCUT2D eigenvalue weighted by Gasteiger charge is -2.25. The van der Waals surface area contributed by atoms with Crippen LogP contribution in [-0.4, -0.2) is 17.5 Å². The van der Waals surface area contributed by atoms with Crippen LogP contribution < -0.4 is 5.73 Å². The first-order valence-electron chi connectivity index (χ1n) is 5.53. The van der Waals surface area contributed by atoms with Gasteiger partial charge >= 0.3 is 6.18 Å². The second-order valence-corrected chi connectivity index (χ2v) is 5.47. The van der Waals surface area contributed by atoms with Gasteiger partial charge in [0.25, 0.3) is 0 Å². The highest BCUT2D eigenvalue weighted by Crippen LogP contribution is 2.35. The fourth-order valence-electron chi connectivity index (χ4n) is 1.47. The van der Waals surface area contributed by atoms with E-state index in [9.17, 15) is 13.2 Å². The molecule has 0 aliphatic heterocycles. The quantitative estimate of drug-likeness (QED) is 0.879. The van der Waals surface area contributed by atoms with Crippen LogP contribution in [0.2, 0.25) is 5.02 Å². The van der Waals surface area contributed by atoms with Crippen molar-refractivity contribution < 1.29 is 13.2 Å². The summed E-state index contributed by atoms with van der Waals surface area (Å²) in [6.07, 6.45) is -4.00. The zero-order chi connectivity index (χ0) is 13.8. The summed E-state index contributed by atoms with van der Waals surface area (Å²) in [4.78, 5) is 0. The van der Waals surface area contributed by atoms with Crippen LogP contribution in [0.15, 0.2) is 24.3 Å². The Labute approximate surface area is 114 Å². The van der Waals surface area contributed by atoms with Gasteiger partial charge in [-0.05, 0) is 18.1 Å². The average Bonchev–Trinajstić information content (AvgIpc) is 2.29. The van der Waals surface area contributed by atoms with Gasteiger partial charge < -0.3 is 5.73 Å². The molecule has 2 unspecified atom stereocenters. The molecule has 102 valence electrons. The third-order valence-electron chi connectivity index (χ3n) is 2.56. The Morgan fingerprint density at radius 3 is 2.44 bits per heavy atom. The number of rotatable bonds is 5. The smallest absolute Gasteiger partial charge is 0.326 e. The first-order valence-corrected chi connectivity index (χ1v) is 6.96. The van der Waals surface area contributed by atoms with Gasteiger partial charge in [0.15, 0.2) is 0 Å². The summed E-state index contributed by atoms with van der Waals surface area (Å²) in [5.41, 5.74) is 6.23. The minimum atomic E-state index is -4.29. The number of benzene rings is 1. The van der Waals surface area contributed by atoms with Crippen molar-refractivity contribution in [3.8, 4) is 0 Å². The summed E-state index contributed by atoms with van der Waals surface area (Å²) in [5.74, 6) is 0.206. The molecule has 0 spiro atoms. The van der Waals surface area contributed by atoms with E-state index < -0.39 is 17.5 Å². The minimum absolute atomic E-state index is 0.206. The van der Waals surface area contributed by atoms with Crippen molar-refractivity contribution in [3.05, 3.63) is 34.9 Å². The van der Waals surface area contributed by atoms with E-state index in [1.807, 2.05) is 0 Å². The van der Waals surface area contributed by atoms with Gasteiger partial charge in [0.05, 0.1) is 0 Å². The lowest BCUT2D eigenvalue weighted by atomic mass is 10.1. The van der Waals surface area contributed by atoms with E-state index in [4.69, 9.17) is 17.3 Å². The van der Waals surface area contributed by atoms with Crippen LogP contribution in [0.4, 0.5) is 13.2 Å². The molecule has 0 aliphatic rings. The standard InChI is InChI=1S/C12H15ClF3NS/c1-2-10(17)11(12(14,15)16)18-7-8-5-3-4-6-9(8)13/h3-6,10-11H,2,7,17H2,1H3. The van der Waals surface area contributed by atoms with Crippen molar-refractivity contribution in [2.75, 3.05) is 0 Å². The predicted octanol–water partition coefficient (Wildman–Crippen LogP) is 4.24. The molecule has 1 nitrogen and oxygen atoms in total. The summed E-state index contributed by atoms with van der Waals surface area (Å²) >= 11 is 6.70. The molecule has 0 bridgehead atoms. The third kappa shape index (κ3) is 4.37. The van der Waals surface area contributed by atoms with Crippen LogP contribution in [0, 0.1) is 0 Å². The topological polar surface area (TPSA) is 26.0 Å². The highest BCUT2D eigenvalue weighted by Gasteiger charge is 2.43. The van der Waals surface area contributed by atoms with Crippen LogP contribution >= 0.6 is 23.4 Å². The van der Waals surface area contributed by atoms with Gasteiger partial charge in [-0.3, -0.25) is 0 Å². The average molecular weight is 298 g/mol. The molecule has 0 aromatic heterocycles. The van der Waals surface area contributed by atoms with Gasteiger partial charge in [-0.15, -0.1) is 11.8 Å². The molecule has 6 heteroatoms. The molecule has 0 saturated heterocycles. The van der Waals surface area contributed by atoms with Gasteiger partial charge in [0.2, 0.25) is 0 Å². The van der Waals surface area contributed by atoms with Crippen LogP contribution in [-0.2, 0) is 5.75 Å². The van der Waals surface area contributed by atoms with Gasteiger partial charge in [0.1, 0.15) is 5.25 Å². The van der Waals surface area contributed by atoms with Crippen molar-refractivity contribution in [2.24, 2.45) is 5.73 Å². The molecular weight excluding hydrogens is 283 g/mol. The predicted molar refractivity (Wildman–Crippen MR) is 70.9 cm³/mol. The SMILES string of the molecule is CCC(N)C(SCc1ccccc1Cl)C(F)(F)F. The highest BCUT2D eigenvalue weighted by atomic mass is 35.5. The number of hydrogen-bond donors (Lipinski definition) is 1. The molecule has 2 atom stereocenters. The minimum Gasteiger partial charge on any atom is -0.326 e. The first kappa shape index (κ1) is 15.7. The Morgan fingerprint density at radius 2 is 1.94 bits per heavy atom. The van der Waals surface area contributed by atoms with Crippen molar-refractivity contribution >= 4 is 23.4 Å². The van der Waals surface area contributed by atoms with Crippen molar-refractivity contribution in [3.63, 3.8) is 0 Å². The highest BCUT2D eigenvalue weighted by molar-refractivity contribution is 7.99. The van der Waals surface area contributed by atoms with E-state index in [0.29, 0.717) is 17.0 Å². The second kappa shape index (κ2) is 6.68. The van der Waals surface area contributed by atoms with Crippen molar-refractivity contribution in [2.45, 2.75) is 36.6 Å². The molecule has 0 saturated carbocycles. The van der Waals surface area contributed by atoms with E-state index >= 15 is 0 Å². The molecule has 0 heterocycles. The molecule has 1 aromatic carbocycles. The zero-order valence-corrected chi connectivity index (χ0v) is 11.4.